The van der Waals surface area contributed by atoms with E-state index >= 15 is 0 Å². The zero-order valence-electron chi connectivity index (χ0n) is 14.2. The lowest BCUT2D eigenvalue weighted by Crippen LogP contribution is -2.31. The molecule has 0 aliphatic rings. The summed E-state index contributed by atoms with van der Waals surface area (Å²) < 4.78 is 55.7. The molecule has 0 amide bonds. The van der Waals surface area contributed by atoms with Gasteiger partial charge in [0.05, 0.1) is 16.9 Å². The van der Waals surface area contributed by atoms with Gasteiger partial charge in [0.2, 0.25) is 20.0 Å². The third-order valence-corrected chi connectivity index (χ3v) is 6.04. The molecule has 0 atom stereocenters. The van der Waals surface area contributed by atoms with E-state index in [1.54, 1.807) is 13.0 Å². The van der Waals surface area contributed by atoms with Gasteiger partial charge in [-0.25, -0.2) is 26.7 Å². The molecular formula is C15H19N3O6S2. The van der Waals surface area contributed by atoms with E-state index in [-0.39, 0.29) is 28.4 Å². The first-order valence-electron chi connectivity index (χ1n) is 7.42. The van der Waals surface area contributed by atoms with Crippen molar-refractivity contribution in [2.45, 2.75) is 23.3 Å². The second kappa shape index (κ2) is 7.58. The highest BCUT2D eigenvalue weighted by Crippen LogP contribution is 2.13. The standard InChI is InChI=1S/C15H19N3O6S2/c1-11-9-12(24-2)10-15(19)18(11)8-7-17-26(22,23)14-5-3-13(4-6-14)25(16,20)21/h3-6,9-10,17H,7-8H2,1-2H3,(H2,16,20,21). The van der Waals surface area contributed by atoms with Gasteiger partial charge in [0.1, 0.15) is 5.75 Å². The number of ether oxygens (including phenoxy) is 1. The molecule has 2 rings (SSSR count). The maximum atomic E-state index is 12.3. The van der Waals surface area contributed by atoms with Gasteiger partial charge in [-0.2, -0.15) is 0 Å². The van der Waals surface area contributed by atoms with Crippen molar-refractivity contribution in [1.29, 1.82) is 0 Å². The zero-order valence-corrected chi connectivity index (χ0v) is 15.8. The lowest BCUT2D eigenvalue weighted by Gasteiger charge is -2.12. The number of benzene rings is 1. The number of rotatable bonds is 7. The highest BCUT2D eigenvalue weighted by Gasteiger charge is 2.15. The van der Waals surface area contributed by atoms with Crippen LogP contribution in [-0.4, -0.2) is 35.1 Å². The molecule has 1 heterocycles. The van der Waals surface area contributed by atoms with Crippen LogP contribution in [0.15, 0.2) is 51.0 Å². The fourth-order valence-electron chi connectivity index (χ4n) is 2.29. The van der Waals surface area contributed by atoms with E-state index in [1.807, 2.05) is 0 Å². The molecule has 1 aromatic heterocycles. The van der Waals surface area contributed by atoms with Crippen molar-refractivity contribution in [3.8, 4) is 5.75 Å². The van der Waals surface area contributed by atoms with Crippen LogP contribution in [0.4, 0.5) is 0 Å². The quantitative estimate of drug-likeness (QED) is 0.658. The predicted molar refractivity (Wildman–Crippen MR) is 95.0 cm³/mol. The molecular weight excluding hydrogens is 382 g/mol. The molecule has 26 heavy (non-hydrogen) atoms. The van der Waals surface area contributed by atoms with Gasteiger partial charge in [-0.15, -0.1) is 0 Å². The average molecular weight is 401 g/mol. The van der Waals surface area contributed by atoms with E-state index in [1.165, 1.54) is 17.7 Å². The normalized spacial score (nSPS) is 12.1. The molecule has 2 aromatic rings. The lowest BCUT2D eigenvalue weighted by atomic mass is 10.3. The van der Waals surface area contributed by atoms with Crippen LogP contribution in [0.5, 0.6) is 5.75 Å². The van der Waals surface area contributed by atoms with E-state index in [0.29, 0.717) is 11.4 Å². The lowest BCUT2D eigenvalue weighted by molar-refractivity contribution is 0.411. The van der Waals surface area contributed by atoms with Crippen LogP contribution in [0, 0.1) is 6.92 Å². The van der Waals surface area contributed by atoms with Gasteiger partial charge >= 0.3 is 0 Å². The highest BCUT2D eigenvalue weighted by molar-refractivity contribution is 7.89. The van der Waals surface area contributed by atoms with Crippen LogP contribution in [0.2, 0.25) is 0 Å². The topological polar surface area (TPSA) is 138 Å². The van der Waals surface area contributed by atoms with Gasteiger partial charge in [-0.05, 0) is 37.3 Å². The molecule has 9 nitrogen and oxygen atoms in total. The number of aryl methyl sites for hydroxylation is 1. The second-order valence-electron chi connectivity index (χ2n) is 5.44. The monoisotopic (exact) mass is 401 g/mol. The van der Waals surface area contributed by atoms with Crippen molar-refractivity contribution in [2.24, 2.45) is 5.14 Å². The van der Waals surface area contributed by atoms with Gasteiger partial charge in [-0.3, -0.25) is 4.79 Å². The first kappa shape index (κ1) is 20.1. The molecule has 0 aliphatic carbocycles. The molecule has 1 aromatic carbocycles. The van der Waals surface area contributed by atoms with Crippen LogP contribution < -0.4 is 20.2 Å². The van der Waals surface area contributed by atoms with Gasteiger partial charge in [-0.1, -0.05) is 0 Å². The predicted octanol–water partition coefficient (Wildman–Crippen LogP) is -0.209. The number of sulfonamides is 2. The zero-order chi connectivity index (χ0) is 19.5. The molecule has 0 unspecified atom stereocenters. The van der Waals surface area contributed by atoms with Crippen LogP contribution >= 0.6 is 0 Å². The summed E-state index contributed by atoms with van der Waals surface area (Å²) in [4.78, 5) is 11.7. The first-order valence-corrected chi connectivity index (χ1v) is 10.5. The Kier molecular flexibility index (Phi) is 5.86. The summed E-state index contributed by atoms with van der Waals surface area (Å²) >= 11 is 0. The molecule has 3 N–H and O–H groups in total. The number of nitrogens with zero attached hydrogens (tertiary/aromatic N) is 1. The van der Waals surface area contributed by atoms with Crippen LogP contribution in [0.1, 0.15) is 5.69 Å². The Labute approximate surface area is 151 Å². The maximum absolute atomic E-state index is 12.3. The van der Waals surface area contributed by atoms with Crippen LogP contribution in [-0.2, 0) is 26.6 Å². The molecule has 0 bridgehead atoms. The van der Waals surface area contributed by atoms with Gasteiger partial charge < -0.3 is 9.30 Å². The number of pyridine rings is 1. The number of nitrogens with one attached hydrogen (secondary N) is 1. The van der Waals surface area contributed by atoms with Crippen molar-refractivity contribution in [1.82, 2.24) is 9.29 Å². The number of aromatic nitrogens is 1. The van der Waals surface area contributed by atoms with Crippen molar-refractivity contribution in [3.05, 3.63) is 52.4 Å². The minimum absolute atomic E-state index is 0.0215. The Hall–Kier alpha value is -2.21. The Morgan fingerprint density at radius 1 is 1.08 bits per heavy atom. The highest BCUT2D eigenvalue weighted by atomic mass is 32.2. The van der Waals surface area contributed by atoms with E-state index in [4.69, 9.17) is 9.88 Å². The van der Waals surface area contributed by atoms with E-state index in [9.17, 15) is 21.6 Å². The molecule has 0 fully saturated rings. The number of hydrogen-bond donors (Lipinski definition) is 2. The molecule has 0 aliphatic heterocycles. The minimum atomic E-state index is -3.90. The minimum Gasteiger partial charge on any atom is -0.496 e. The Bertz CT molecular complexity index is 1060. The summed E-state index contributed by atoms with van der Waals surface area (Å²) in [6.45, 7) is 1.82. The smallest absolute Gasteiger partial charge is 0.254 e. The van der Waals surface area contributed by atoms with Gasteiger partial charge in [0, 0.05) is 24.8 Å². The van der Waals surface area contributed by atoms with Crippen LogP contribution in [0.3, 0.4) is 0 Å². The van der Waals surface area contributed by atoms with E-state index in [0.717, 1.165) is 24.3 Å². The van der Waals surface area contributed by atoms with E-state index in [2.05, 4.69) is 4.72 Å². The summed E-state index contributed by atoms with van der Waals surface area (Å²) in [5.41, 5.74) is 0.324. The van der Waals surface area contributed by atoms with Gasteiger partial charge in [0.25, 0.3) is 5.56 Å². The molecule has 0 saturated heterocycles. The number of hydrogen-bond acceptors (Lipinski definition) is 6. The fourth-order valence-corrected chi connectivity index (χ4v) is 3.82. The molecule has 142 valence electrons. The number of nitrogens with two attached hydrogens (primary N) is 1. The molecule has 0 radical (unpaired) electrons. The number of primary sulfonamides is 1. The summed E-state index contributed by atoms with van der Waals surface area (Å²) in [5, 5.41) is 4.98. The largest absolute Gasteiger partial charge is 0.496 e. The van der Waals surface area contributed by atoms with Crippen molar-refractivity contribution < 1.29 is 21.6 Å². The first-order chi connectivity index (χ1) is 12.0. The summed E-state index contributed by atoms with van der Waals surface area (Å²) in [7, 11) is -6.30. The maximum Gasteiger partial charge on any atom is 0.254 e. The summed E-state index contributed by atoms with van der Waals surface area (Å²) in [6.07, 6.45) is 0. The van der Waals surface area contributed by atoms with Crippen molar-refractivity contribution in [2.75, 3.05) is 13.7 Å². The Morgan fingerprint density at radius 2 is 1.65 bits per heavy atom. The van der Waals surface area contributed by atoms with Crippen molar-refractivity contribution >= 4 is 20.0 Å². The SMILES string of the molecule is COc1cc(C)n(CCNS(=O)(=O)c2ccc(S(N)(=O)=O)cc2)c(=O)c1. The second-order valence-corrected chi connectivity index (χ2v) is 8.77. The van der Waals surface area contributed by atoms with Gasteiger partial charge in [0.15, 0.2) is 0 Å². The van der Waals surface area contributed by atoms with Crippen molar-refractivity contribution in [3.63, 3.8) is 0 Å². The molecule has 0 saturated carbocycles. The average Bonchev–Trinajstić information content (AvgIpc) is 2.56. The third kappa shape index (κ3) is 4.69. The molecule has 11 heteroatoms. The van der Waals surface area contributed by atoms with Crippen LogP contribution in [0.25, 0.3) is 0 Å². The fraction of sp³-hybridized carbons (Fsp3) is 0.267. The number of methoxy groups -OCH3 is 1. The Balaban J connectivity index is 2.11. The molecule has 0 spiro atoms. The summed E-state index contributed by atoms with van der Waals surface area (Å²) in [5.74, 6) is 0.430. The third-order valence-electron chi connectivity index (χ3n) is 3.63. The van der Waals surface area contributed by atoms with E-state index < -0.39 is 20.0 Å². The summed E-state index contributed by atoms with van der Waals surface area (Å²) in [6, 6.07) is 7.50. The Morgan fingerprint density at radius 3 is 2.15 bits per heavy atom.